The molecule has 4 heterocycles. The molecular weight excluding hydrogens is 604 g/mol. The molecule has 3 aromatic heterocycles. The summed E-state index contributed by atoms with van der Waals surface area (Å²) in [5.41, 5.74) is 2.86. The molecule has 44 heavy (non-hydrogen) atoms. The summed E-state index contributed by atoms with van der Waals surface area (Å²) in [6, 6.07) is 8.20. The maximum atomic E-state index is 14.1. The third-order valence-corrected chi connectivity index (χ3v) is 9.46. The standard InChI is InChI=1S/C30H33ClN8O4S/c1-15-11-18(16(2)32-23-7-8-24(31)33-27(23)28(40)36-44(4,42)43)26-19(12-15)29(41)39(17-5-6-17)30(34-26)38-13-20-21(14-38)25(20)22-9-10-37(3)35-22/h7-12,16-17,20-21,25,32H,5-6,13-14H2,1-4H3,(H,36,40)/t16-,20-,21+,25?/m1/s1/i3D3. The van der Waals surface area contributed by atoms with E-state index in [1.165, 1.54) is 12.3 Å². The first-order valence-corrected chi connectivity index (χ1v) is 16.7. The average Bonchev–Trinajstić information content (AvgIpc) is 3.82. The van der Waals surface area contributed by atoms with Crippen molar-refractivity contribution in [1.29, 1.82) is 0 Å². The minimum atomic E-state index is -3.85. The lowest BCUT2D eigenvalue weighted by Crippen LogP contribution is -2.33. The van der Waals surface area contributed by atoms with Gasteiger partial charge in [0.25, 0.3) is 11.5 Å². The largest absolute Gasteiger partial charge is 0.377 e. The van der Waals surface area contributed by atoms with Gasteiger partial charge in [-0.2, -0.15) is 5.10 Å². The summed E-state index contributed by atoms with van der Waals surface area (Å²) in [7, 11) is -3.85. The third-order valence-electron chi connectivity index (χ3n) is 8.69. The molecule has 4 aromatic rings. The highest BCUT2D eigenvalue weighted by Crippen LogP contribution is 2.58. The van der Waals surface area contributed by atoms with Gasteiger partial charge in [0.2, 0.25) is 16.0 Å². The average molecular weight is 640 g/mol. The maximum Gasteiger partial charge on any atom is 0.285 e. The summed E-state index contributed by atoms with van der Waals surface area (Å²) in [6.07, 6.45) is 4.17. The van der Waals surface area contributed by atoms with Crippen LogP contribution in [-0.4, -0.2) is 58.0 Å². The van der Waals surface area contributed by atoms with Crippen LogP contribution in [-0.2, 0) is 17.0 Å². The Hall–Kier alpha value is -3.97. The number of rotatable bonds is 8. The molecule has 4 atom stereocenters. The van der Waals surface area contributed by atoms with Gasteiger partial charge in [0, 0.05) is 47.9 Å². The number of aryl methyl sites for hydroxylation is 2. The number of nitrogens with one attached hydrogen (secondary N) is 2. The van der Waals surface area contributed by atoms with E-state index in [4.69, 9.17) is 20.7 Å². The first kappa shape index (κ1) is 25.4. The van der Waals surface area contributed by atoms with Crippen LogP contribution >= 0.6 is 11.6 Å². The van der Waals surface area contributed by atoms with E-state index >= 15 is 0 Å². The van der Waals surface area contributed by atoms with Crippen molar-refractivity contribution < 1.29 is 17.3 Å². The normalized spacial score (nSPS) is 23.0. The number of aromatic nitrogens is 5. The number of hydrogen-bond acceptors (Lipinski definition) is 9. The lowest BCUT2D eigenvalue weighted by molar-refractivity contribution is 0.0977. The van der Waals surface area contributed by atoms with Gasteiger partial charge in [-0.25, -0.2) is 23.1 Å². The number of piperidine rings is 1. The SMILES string of the molecule is [2H]C([2H])([2H])n1ccc(C2[C@H]3CN(c4nc5c([C@@H](C)Nc6ccc(Cl)nc6C(=O)NS(C)(=O)=O)cc(C)cc5c(=O)n4C4CC4)C[C@@H]23)n1. The summed E-state index contributed by atoms with van der Waals surface area (Å²) in [4.78, 5) is 38.3. The number of halogens is 1. The highest BCUT2D eigenvalue weighted by atomic mass is 35.5. The van der Waals surface area contributed by atoms with Crippen molar-refractivity contribution in [2.75, 3.05) is 29.6 Å². The lowest BCUT2D eigenvalue weighted by atomic mass is 10.0. The smallest absolute Gasteiger partial charge is 0.285 e. The van der Waals surface area contributed by atoms with Crippen LogP contribution in [0.3, 0.4) is 0 Å². The molecule has 2 aliphatic carbocycles. The number of sulfonamides is 1. The van der Waals surface area contributed by atoms with E-state index in [-0.39, 0.29) is 45.9 Å². The Labute approximate surface area is 263 Å². The highest BCUT2D eigenvalue weighted by Gasteiger charge is 2.58. The van der Waals surface area contributed by atoms with Gasteiger partial charge in [-0.05, 0) is 68.4 Å². The molecule has 2 N–H and O–H groups in total. The van der Waals surface area contributed by atoms with Crippen molar-refractivity contribution in [3.8, 4) is 0 Å². The Morgan fingerprint density at radius 1 is 1.16 bits per heavy atom. The number of pyridine rings is 1. The van der Waals surface area contributed by atoms with Crippen LogP contribution in [0.5, 0.6) is 0 Å². The molecule has 0 radical (unpaired) electrons. The number of fused-ring (bicyclic) bond motifs is 2. The Balaban J connectivity index is 1.22. The van der Waals surface area contributed by atoms with Crippen LogP contribution in [0.2, 0.25) is 5.15 Å². The predicted molar refractivity (Wildman–Crippen MR) is 168 cm³/mol. The van der Waals surface area contributed by atoms with Crippen LogP contribution in [0.25, 0.3) is 10.9 Å². The van der Waals surface area contributed by atoms with Gasteiger partial charge in [-0.3, -0.25) is 18.8 Å². The van der Waals surface area contributed by atoms with Gasteiger partial charge in [-0.15, -0.1) is 0 Å². The fourth-order valence-corrected chi connectivity index (χ4v) is 7.16. The highest BCUT2D eigenvalue weighted by molar-refractivity contribution is 7.89. The molecule has 1 unspecified atom stereocenters. The molecule has 1 aliphatic heterocycles. The Morgan fingerprint density at radius 2 is 1.91 bits per heavy atom. The molecule has 3 fully saturated rings. The molecule has 1 saturated heterocycles. The number of nitrogens with zero attached hydrogens (tertiary/aromatic N) is 6. The Morgan fingerprint density at radius 3 is 2.57 bits per heavy atom. The molecule has 0 spiro atoms. The molecular formula is C30H33ClN8O4S. The molecule has 7 rings (SSSR count). The van der Waals surface area contributed by atoms with Crippen molar-refractivity contribution in [2.45, 2.75) is 44.7 Å². The Kier molecular flexibility index (Phi) is 5.94. The zero-order valence-electron chi connectivity index (χ0n) is 27.3. The topological polar surface area (TPSA) is 144 Å². The zero-order chi connectivity index (χ0) is 33.6. The van der Waals surface area contributed by atoms with Crippen molar-refractivity contribution in [2.24, 2.45) is 18.8 Å². The van der Waals surface area contributed by atoms with Crippen molar-refractivity contribution in [3.05, 3.63) is 74.6 Å². The second-order valence-electron chi connectivity index (χ2n) is 12.1. The van der Waals surface area contributed by atoms with E-state index < -0.39 is 28.9 Å². The number of carbonyl (C=O) groups is 1. The molecule has 230 valence electrons. The van der Waals surface area contributed by atoms with Gasteiger partial charge < -0.3 is 10.2 Å². The molecule has 12 nitrogen and oxygen atoms in total. The molecule has 1 aromatic carbocycles. The summed E-state index contributed by atoms with van der Waals surface area (Å²) in [6.45, 7) is 2.79. The minimum absolute atomic E-state index is 0.0197. The number of anilines is 2. The first-order valence-electron chi connectivity index (χ1n) is 15.9. The number of benzene rings is 1. The Bertz CT molecular complexity index is 2100. The van der Waals surface area contributed by atoms with Crippen molar-refractivity contribution >= 4 is 50.1 Å². The van der Waals surface area contributed by atoms with Gasteiger partial charge in [0.05, 0.1) is 34.6 Å². The second kappa shape index (κ2) is 10.3. The third kappa shape index (κ3) is 5.21. The summed E-state index contributed by atoms with van der Waals surface area (Å²) >= 11 is 6.06. The monoisotopic (exact) mass is 639 g/mol. The van der Waals surface area contributed by atoms with Crippen LogP contribution < -0.4 is 20.5 Å². The van der Waals surface area contributed by atoms with Gasteiger partial charge in [0.15, 0.2) is 5.69 Å². The lowest BCUT2D eigenvalue weighted by Gasteiger charge is -2.26. The summed E-state index contributed by atoms with van der Waals surface area (Å²) < 4.78 is 51.2. The number of hydrogen-bond donors (Lipinski definition) is 2. The molecule has 2 saturated carbocycles. The fourth-order valence-electron chi connectivity index (χ4n) is 6.58. The van der Waals surface area contributed by atoms with Crippen LogP contribution in [0.15, 0.2) is 41.3 Å². The summed E-state index contributed by atoms with van der Waals surface area (Å²) in [5.74, 6) is 0.413. The quantitative estimate of drug-likeness (QED) is 0.277. The van der Waals surface area contributed by atoms with Crippen molar-refractivity contribution in [3.63, 3.8) is 0 Å². The van der Waals surface area contributed by atoms with E-state index in [2.05, 4.69) is 20.3 Å². The molecule has 1 amide bonds. The van der Waals surface area contributed by atoms with Crippen LogP contribution in [0, 0.1) is 18.8 Å². The van der Waals surface area contributed by atoms with E-state index in [9.17, 15) is 18.0 Å². The maximum absolute atomic E-state index is 14.1. The van der Waals surface area contributed by atoms with E-state index in [1.807, 2.05) is 35.3 Å². The van der Waals surface area contributed by atoms with E-state index in [0.717, 1.165) is 40.6 Å². The predicted octanol–water partition coefficient (Wildman–Crippen LogP) is 3.53. The van der Waals surface area contributed by atoms with Crippen molar-refractivity contribution in [1.82, 2.24) is 29.0 Å². The van der Waals surface area contributed by atoms with E-state index in [0.29, 0.717) is 29.9 Å². The molecule has 14 heteroatoms. The molecule has 0 bridgehead atoms. The zero-order valence-corrected chi connectivity index (χ0v) is 25.9. The second-order valence-corrected chi connectivity index (χ2v) is 14.2. The number of amides is 1. The van der Waals surface area contributed by atoms with Crippen LogP contribution in [0.1, 0.15) is 69.2 Å². The molecule has 3 aliphatic rings. The van der Waals surface area contributed by atoms with E-state index in [1.54, 1.807) is 12.1 Å². The van der Waals surface area contributed by atoms with Gasteiger partial charge in [0.1, 0.15) is 5.15 Å². The fraction of sp³-hybridized carbons (Fsp3) is 0.433. The minimum Gasteiger partial charge on any atom is -0.377 e. The van der Waals surface area contributed by atoms with Gasteiger partial charge >= 0.3 is 0 Å². The first-order chi connectivity index (χ1) is 22.1. The summed E-state index contributed by atoms with van der Waals surface area (Å²) in [5, 5.41) is 8.11. The van der Waals surface area contributed by atoms with Crippen LogP contribution in [0.4, 0.5) is 11.6 Å². The number of carbonyl (C=O) groups excluding carboxylic acids is 1. The van der Waals surface area contributed by atoms with Gasteiger partial charge in [-0.1, -0.05) is 17.7 Å².